The van der Waals surface area contributed by atoms with Gasteiger partial charge in [0, 0.05) is 31.6 Å². The number of benzene rings is 1. The third-order valence-electron chi connectivity index (χ3n) is 3.59. The highest BCUT2D eigenvalue weighted by molar-refractivity contribution is 7.90. The van der Waals surface area contributed by atoms with Gasteiger partial charge < -0.3 is 10.2 Å². The summed E-state index contributed by atoms with van der Waals surface area (Å²) in [5.74, 6) is -0.586. The number of likely N-dealkylation sites (N-methyl/N-ethyl adjacent to an activating group) is 1. The smallest absolute Gasteiger partial charge is 0.175 e. The average molecular weight is 340 g/mol. The van der Waals surface area contributed by atoms with Gasteiger partial charge in [0.15, 0.2) is 9.84 Å². The third-order valence-corrected chi connectivity index (χ3v) is 4.70. The highest BCUT2D eigenvalue weighted by Crippen LogP contribution is 2.22. The third kappa shape index (κ3) is 4.29. The molecule has 0 saturated heterocycles. The van der Waals surface area contributed by atoms with Crippen LogP contribution in [-0.2, 0) is 16.9 Å². The van der Waals surface area contributed by atoms with Gasteiger partial charge in [0.2, 0.25) is 0 Å². The first-order valence-corrected chi connectivity index (χ1v) is 8.96. The van der Waals surface area contributed by atoms with Crippen molar-refractivity contribution in [2.24, 2.45) is 7.05 Å². The first-order chi connectivity index (χ1) is 10.7. The van der Waals surface area contributed by atoms with Crippen molar-refractivity contribution in [2.75, 3.05) is 32.2 Å². The van der Waals surface area contributed by atoms with Crippen LogP contribution in [0.1, 0.15) is 11.6 Å². The van der Waals surface area contributed by atoms with Crippen LogP contribution in [0.25, 0.3) is 0 Å². The van der Waals surface area contributed by atoms with Gasteiger partial charge in [0.1, 0.15) is 5.82 Å². The molecule has 1 aromatic carbocycles. The SMILES string of the molecule is CN(C)C(CNc1ccc(S(C)(=O)=O)cc1F)c1cnn(C)c1. The summed E-state index contributed by atoms with van der Waals surface area (Å²) in [5, 5.41) is 7.18. The van der Waals surface area contributed by atoms with E-state index in [-0.39, 0.29) is 16.6 Å². The Morgan fingerprint density at radius 3 is 2.57 bits per heavy atom. The van der Waals surface area contributed by atoms with Gasteiger partial charge in [-0.05, 0) is 32.3 Å². The van der Waals surface area contributed by atoms with E-state index in [1.807, 2.05) is 32.2 Å². The summed E-state index contributed by atoms with van der Waals surface area (Å²) in [6.07, 6.45) is 4.74. The molecule has 1 atom stereocenters. The molecule has 126 valence electrons. The van der Waals surface area contributed by atoms with Crippen LogP contribution < -0.4 is 5.32 Å². The average Bonchev–Trinajstić information content (AvgIpc) is 2.85. The molecule has 23 heavy (non-hydrogen) atoms. The Bertz CT molecular complexity index is 787. The molecule has 0 saturated carbocycles. The molecule has 1 unspecified atom stereocenters. The molecule has 2 rings (SSSR count). The lowest BCUT2D eigenvalue weighted by atomic mass is 10.1. The Balaban J connectivity index is 2.15. The Morgan fingerprint density at radius 2 is 2.09 bits per heavy atom. The molecule has 0 radical (unpaired) electrons. The van der Waals surface area contributed by atoms with Gasteiger partial charge in [-0.3, -0.25) is 4.68 Å². The Hall–Kier alpha value is -1.93. The summed E-state index contributed by atoms with van der Waals surface area (Å²) in [6, 6.07) is 3.89. The Morgan fingerprint density at radius 1 is 1.39 bits per heavy atom. The molecule has 0 aliphatic rings. The van der Waals surface area contributed by atoms with E-state index < -0.39 is 15.7 Å². The maximum absolute atomic E-state index is 14.1. The normalized spacial score (nSPS) is 13.3. The van der Waals surface area contributed by atoms with Gasteiger partial charge >= 0.3 is 0 Å². The monoisotopic (exact) mass is 340 g/mol. The van der Waals surface area contributed by atoms with Crippen molar-refractivity contribution in [3.8, 4) is 0 Å². The molecule has 1 heterocycles. The maximum atomic E-state index is 14.1. The second kappa shape index (κ2) is 6.67. The number of nitrogens with one attached hydrogen (secondary N) is 1. The lowest BCUT2D eigenvalue weighted by molar-refractivity contribution is 0.311. The number of sulfone groups is 1. The van der Waals surface area contributed by atoms with Gasteiger partial charge in [-0.1, -0.05) is 0 Å². The fourth-order valence-electron chi connectivity index (χ4n) is 2.29. The minimum Gasteiger partial charge on any atom is -0.381 e. The highest BCUT2D eigenvalue weighted by Gasteiger charge is 2.17. The van der Waals surface area contributed by atoms with Gasteiger partial charge in [0.25, 0.3) is 0 Å². The second-order valence-electron chi connectivity index (χ2n) is 5.72. The molecule has 0 bridgehead atoms. The molecule has 0 fully saturated rings. The predicted octanol–water partition coefficient (Wildman–Crippen LogP) is 1.68. The van der Waals surface area contributed by atoms with Crippen molar-refractivity contribution in [3.63, 3.8) is 0 Å². The largest absolute Gasteiger partial charge is 0.381 e. The van der Waals surface area contributed by atoms with Crippen molar-refractivity contribution in [2.45, 2.75) is 10.9 Å². The summed E-state index contributed by atoms with van der Waals surface area (Å²) in [6.45, 7) is 0.466. The molecule has 0 amide bonds. The van der Waals surface area contributed by atoms with E-state index in [0.717, 1.165) is 17.9 Å². The second-order valence-corrected chi connectivity index (χ2v) is 7.74. The van der Waals surface area contributed by atoms with Crippen LogP contribution in [0.15, 0.2) is 35.5 Å². The van der Waals surface area contributed by atoms with E-state index in [2.05, 4.69) is 10.4 Å². The van der Waals surface area contributed by atoms with Crippen LogP contribution in [0.5, 0.6) is 0 Å². The van der Waals surface area contributed by atoms with Gasteiger partial charge in [-0.25, -0.2) is 12.8 Å². The molecule has 0 aliphatic carbocycles. The number of hydrogen-bond donors (Lipinski definition) is 1. The van der Waals surface area contributed by atoms with Crippen LogP contribution in [0, 0.1) is 5.82 Å². The molecular formula is C15H21FN4O2S. The lowest BCUT2D eigenvalue weighted by Crippen LogP contribution is -2.26. The van der Waals surface area contributed by atoms with Gasteiger partial charge in [-0.2, -0.15) is 5.10 Å². The summed E-state index contributed by atoms with van der Waals surface area (Å²) < 4.78 is 38.7. The minimum absolute atomic E-state index is 0.0117. The zero-order chi connectivity index (χ0) is 17.2. The fraction of sp³-hybridized carbons (Fsp3) is 0.400. The maximum Gasteiger partial charge on any atom is 0.175 e. The molecular weight excluding hydrogens is 319 g/mol. The van der Waals surface area contributed by atoms with Gasteiger partial charge in [-0.15, -0.1) is 0 Å². The van der Waals surface area contributed by atoms with Crippen molar-refractivity contribution in [1.82, 2.24) is 14.7 Å². The van der Waals surface area contributed by atoms with E-state index in [0.29, 0.717) is 6.54 Å². The van der Waals surface area contributed by atoms with Crippen LogP contribution in [-0.4, -0.2) is 50.0 Å². The summed E-state index contributed by atoms with van der Waals surface area (Å²) >= 11 is 0. The van der Waals surface area contributed by atoms with Crippen LogP contribution in [0.3, 0.4) is 0 Å². The quantitative estimate of drug-likeness (QED) is 0.866. The van der Waals surface area contributed by atoms with Crippen molar-refractivity contribution in [1.29, 1.82) is 0 Å². The van der Waals surface area contributed by atoms with E-state index in [1.54, 1.807) is 10.9 Å². The number of aromatic nitrogens is 2. The highest BCUT2D eigenvalue weighted by atomic mass is 32.2. The van der Waals surface area contributed by atoms with Crippen LogP contribution in [0.4, 0.5) is 10.1 Å². The number of anilines is 1. The van der Waals surface area contributed by atoms with Crippen molar-refractivity contribution in [3.05, 3.63) is 42.0 Å². The number of aryl methyl sites for hydroxylation is 1. The molecule has 8 heteroatoms. The van der Waals surface area contributed by atoms with Crippen LogP contribution >= 0.6 is 0 Å². The summed E-state index contributed by atoms with van der Waals surface area (Å²) in [4.78, 5) is 1.98. The van der Waals surface area contributed by atoms with Crippen LogP contribution in [0.2, 0.25) is 0 Å². The Kier molecular flexibility index (Phi) is 5.06. The van der Waals surface area contributed by atoms with Gasteiger partial charge in [0.05, 0.1) is 22.8 Å². The first kappa shape index (κ1) is 17.4. The van der Waals surface area contributed by atoms with Crippen molar-refractivity contribution >= 4 is 15.5 Å². The van der Waals surface area contributed by atoms with Crippen molar-refractivity contribution < 1.29 is 12.8 Å². The summed E-state index contributed by atoms with van der Waals surface area (Å²) in [5.41, 5.74) is 1.28. The number of nitrogens with zero attached hydrogens (tertiary/aromatic N) is 3. The van der Waals surface area contributed by atoms with E-state index in [4.69, 9.17) is 0 Å². The number of rotatable bonds is 6. The molecule has 1 aromatic heterocycles. The predicted molar refractivity (Wildman–Crippen MR) is 87.6 cm³/mol. The first-order valence-electron chi connectivity index (χ1n) is 7.07. The zero-order valence-corrected chi connectivity index (χ0v) is 14.4. The van der Waals surface area contributed by atoms with E-state index in [9.17, 15) is 12.8 Å². The Labute approximate surface area is 135 Å². The molecule has 0 spiro atoms. The summed E-state index contributed by atoms with van der Waals surface area (Å²) in [7, 11) is 2.29. The molecule has 2 aromatic rings. The zero-order valence-electron chi connectivity index (χ0n) is 13.6. The molecule has 6 nitrogen and oxygen atoms in total. The molecule has 0 aliphatic heterocycles. The standard InChI is InChI=1S/C15H21FN4O2S/c1-19(2)15(11-8-18-20(3)10-11)9-17-14-6-5-12(7-13(14)16)23(4,21)22/h5-8,10,15,17H,9H2,1-4H3. The topological polar surface area (TPSA) is 67.2 Å². The lowest BCUT2D eigenvalue weighted by Gasteiger charge is -2.24. The van der Waals surface area contributed by atoms with E-state index >= 15 is 0 Å². The fourth-order valence-corrected chi connectivity index (χ4v) is 2.92. The van der Waals surface area contributed by atoms with E-state index in [1.165, 1.54) is 12.1 Å². The number of hydrogen-bond acceptors (Lipinski definition) is 5. The number of halogens is 1. The molecule has 1 N–H and O–H groups in total. The minimum atomic E-state index is -3.41.